The molecular formula is C15H13Cl2FN2O. The lowest BCUT2D eigenvalue weighted by Gasteiger charge is -2.09. The Morgan fingerprint density at radius 3 is 2.52 bits per heavy atom. The van der Waals surface area contributed by atoms with Gasteiger partial charge in [-0.15, -0.1) is 0 Å². The molecule has 0 bridgehead atoms. The van der Waals surface area contributed by atoms with Gasteiger partial charge < -0.3 is 10.6 Å². The number of anilines is 2. The van der Waals surface area contributed by atoms with Gasteiger partial charge in [-0.2, -0.15) is 0 Å². The molecule has 0 aliphatic heterocycles. The number of hydrogen-bond acceptors (Lipinski definition) is 2. The number of nitrogens with one attached hydrogen (secondary N) is 2. The average Bonchev–Trinajstić information content (AvgIpc) is 2.45. The van der Waals surface area contributed by atoms with Crippen molar-refractivity contribution in [3.63, 3.8) is 0 Å². The number of amides is 1. The Morgan fingerprint density at radius 1 is 1.10 bits per heavy atom. The zero-order valence-corrected chi connectivity index (χ0v) is 12.5. The number of carbonyl (C=O) groups is 1. The van der Waals surface area contributed by atoms with Crippen molar-refractivity contribution in [2.45, 2.75) is 6.42 Å². The van der Waals surface area contributed by atoms with Crippen LogP contribution in [0.25, 0.3) is 0 Å². The van der Waals surface area contributed by atoms with Crippen LogP contribution < -0.4 is 10.6 Å². The Kier molecular flexibility index (Phi) is 5.42. The van der Waals surface area contributed by atoms with E-state index in [-0.39, 0.29) is 18.1 Å². The highest BCUT2D eigenvalue weighted by Gasteiger charge is 2.06. The first-order valence-electron chi connectivity index (χ1n) is 6.29. The Hall–Kier alpha value is -1.78. The van der Waals surface area contributed by atoms with Crippen LogP contribution in [0.1, 0.15) is 6.42 Å². The maximum absolute atomic E-state index is 12.7. The number of rotatable bonds is 5. The van der Waals surface area contributed by atoms with E-state index in [0.29, 0.717) is 22.3 Å². The number of benzene rings is 2. The van der Waals surface area contributed by atoms with E-state index < -0.39 is 0 Å². The number of carbonyl (C=O) groups excluding carboxylic acids is 1. The molecule has 21 heavy (non-hydrogen) atoms. The Balaban J connectivity index is 1.82. The first kappa shape index (κ1) is 15.6. The summed E-state index contributed by atoms with van der Waals surface area (Å²) in [4.78, 5) is 11.8. The number of hydrogen-bond donors (Lipinski definition) is 2. The molecule has 0 aliphatic rings. The highest BCUT2D eigenvalue weighted by Crippen LogP contribution is 2.25. The molecule has 0 spiro atoms. The van der Waals surface area contributed by atoms with E-state index >= 15 is 0 Å². The minimum Gasteiger partial charge on any atom is -0.385 e. The second-order valence-corrected chi connectivity index (χ2v) is 5.20. The van der Waals surface area contributed by atoms with Gasteiger partial charge in [0, 0.05) is 23.7 Å². The van der Waals surface area contributed by atoms with Crippen molar-refractivity contribution in [3.8, 4) is 0 Å². The standard InChI is InChI=1S/C15H13Cl2FN2O/c16-10-1-6-13(17)14(9-10)20-15(21)7-8-19-12-4-2-11(18)3-5-12/h1-6,9,19H,7-8H2,(H,20,21). The van der Waals surface area contributed by atoms with Gasteiger partial charge in [0.05, 0.1) is 10.7 Å². The van der Waals surface area contributed by atoms with Gasteiger partial charge in [0.15, 0.2) is 0 Å². The maximum atomic E-state index is 12.7. The van der Waals surface area contributed by atoms with Crippen LogP contribution in [0.4, 0.5) is 15.8 Å². The summed E-state index contributed by atoms with van der Waals surface area (Å²) in [5.41, 5.74) is 1.24. The minimum absolute atomic E-state index is 0.186. The van der Waals surface area contributed by atoms with E-state index in [2.05, 4.69) is 10.6 Å². The lowest BCUT2D eigenvalue weighted by atomic mass is 10.3. The van der Waals surface area contributed by atoms with Crippen LogP contribution in [0, 0.1) is 5.82 Å². The zero-order valence-electron chi connectivity index (χ0n) is 11.0. The lowest BCUT2D eigenvalue weighted by molar-refractivity contribution is -0.115. The van der Waals surface area contributed by atoms with Crippen molar-refractivity contribution in [3.05, 3.63) is 58.3 Å². The largest absolute Gasteiger partial charge is 0.385 e. The lowest BCUT2D eigenvalue weighted by Crippen LogP contribution is -2.16. The molecule has 0 saturated heterocycles. The van der Waals surface area contributed by atoms with Gasteiger partial charge in [-0.1, -0.05) is 23.2 Å². The Bertz CT molecular complexity index is 632. The van der Waals surface area contributed by atoms with Crippen LogP contribution in [0.5, 0.6) is 0 Å². The molecule has 2 rings (SSSR count). The zero-order chi connectivity index (χ0) is 15.2. The topological polar surface area (TPSA) is 41.1 Å². The quantitative estimate of drug-likeness (QED) is 0.844. The van der Waals surface area contributed by atoms with Crippen molar-refractivity contribution in [1.29, 1.82) is 0 Å². The van der Waals surface area contributed by atoms with Crippen LogP contribution in [0.2, 0.25) is 10.0 Å². The van der Waals surface area contributed by atoms with E-state index in [1.54, 1.807) is 30.3 Å². The van der Waals surface area contributed by atoms with E-state index in [4.69, 9.17) is 23.2 Å². The molecule has 110 valence electrons. The Morgan fingerprint density at radius 2 is 1.81 bits per heavy atom. The second-order valence-electron chi connectivity index (χ2n) is 4.36. The van der Waals surface area contributed by atoms with Crippen LogP contribution in [0.3, 0.4) is 0 Å². The molecule has 0 saturated carbocycles. The third kappa shape index (κ3) is 4.92. The molecule has 0 unspecified atom stereocenters. The second kappa shape index (κ2) is 7.29. The van der Waals surface area contributed by atoms with E-state index in [0.717, 1.165) is 5.69 Å². The third-order valence-corrected chi connectivity index (χ3v) is 3.29. The summed E-state index contributed by atoms with van der Waals surface area (Å²) in [7, 11) is 0. The van der Waals surface area contributed by atoms with Gasteiger partial charge in [0.25, 0.3) is 0 Å². The third-order valence-electron chi connectivity index (χ3n) is 2.73. The fourth-order valence-electron chi connectivity index (χ4n) is 1.69. The van der Waals surface area contributed by atoms with Crippen LogP contribution >= 0.6 is 23.2 Å². The molecule has 0 aromatic heterocycles. The van der Waals surface area contributed by atoms with Crippen LogP contribution in [-0.4, -0.2) is 12.5 Å². The molecule has 1 amide bonds. The summed E-state index contributed by atoms with van der Waals surface area (Å²) in [6.45, 7) is 0.426. The molecule has 2 N–H and O–H groups in total. The van der Waals surface area contributed by atoms with Gasteiger partial charge in [-0.3, -0.25) is 4.79 Å². The molecule has 3 nitrogen and oxygen atoms in total. The van der Waals surface area contributed by atoms with Gasteiger partial charge in [0.1, 0.15) is 5.82 Å². The summed E-state index contributed by atoms with van der Waals surface area (Å²) >= 11 is 11.8. The summed E-state index contributed by atoms with van der Waals surface area (Å²) < 4.78 is 12.7. The summed E-state index contributed by atoms with van der Waals surface area (Å²) in [6.07, 6.45) is 0.250. The van der Waals surface area contributed by atoms with Crippen LogP contribution in [0.15, 0.2) is 42.5 Å². The highest BCUT2D eigenvalue weighted by atomic mass is 35.5. The average molecular weight is 327 g/mol. The molecule has 0 atom stereocenters. The summed E-state index contributed by atoms with van der Waals surface area (Å²) in [6, 6.07) is 10.8. The fraction of sp³-hybridized carbons (Fsp3) is 0.133. The van der Waals surface area contributed by atoms with Crippen molar-refractivity contribution in [2.24, 2.45) is 0 Å². The SMILES string of the molecule is O=C(CCNc1ccc(F)cc1)Nc1cc(Cl)ccc1Cl. The van der Waals surface area contributed by atoms with Gasteiger partial charge in [0.2, 0.25) is 5.91 Å². The first-order chi connectivity index (χ1) is 10.0. The van der Waals surface area contributed by atoms with Crippen molar-refractivity contribution in [1.82, 2.24) is 0 Å². The normalized spacial score (nSPS) is 10.2. The van der Waals surface area contributed by atoms with Crippen molar-refractivity contribution in [2.75, 3.05) is 17.2 Å². The monoisotopic (exact) mass is 326 g/mol. The first-order valence-corrected chi connectivity index (χ1v) is 7.04. The van der Waals surface area contributed by atoms with E-state index in [1.165, 1.54) is 12.1 Å². The van der Waals surface area contributed by atoms with Gasteiger partial charge >= 0.3 is 0 Å². The van der Waals surface area contributed by atoms with Gasteiger partial charge in [-0.25, -0.2) is 4.39 Å². The fourth-order valence-corrected chi connectivity index (χ4v) is 2.03. The molecule has 0 heterocycles. The molecule has 2 aromatic rings. The molecular weight excluding hydrogens is 314 g/mol. The predicted molar refractivity (Wildman–Crippen MR) is 84.6 cm³/mol. The summed E-state index contributed by atoms with van der Waals surface area (Å²) in [5, 5.41) is 6.65. The van der Waals surface area contributed by atoms with Crippen LogP contribution in [-0.2, 0) is 4.79 Å². The van der Waals surface area contributed by atoms with Gasteiger partial charge in [-0.05, 0) is 42.5 Å². The molecule has 6 heteroatoms. The highest BCUT2D eigenvalue weighted by molar-refractivity contribution is 6.35. The van der Waals surface area contributed by atoms with E-state index in [9.17, 15) is 9.18 Å². The predicted octanol–water partition coefficient (Wildman–Crippen LogP) is 4.57. The molecule has 0 fully saturated rings. The van der Waals surface area contributed by atoms with Crippen molar-refractivity contribution >= 4 is 40.5 Å². The Labute approximate surface area is 132 Å². The molecule has 2 aromatic carbocycles. The molecule has 0 radical (unpaired) electrons. The summed E-state index contributed by atoms with van der Waals surface area (Å²) in [5.74, 6) is -0.484. The smallest absolute Gasteiger partial charge is 0.226 e. The van der Waals surface area contributed by atoms with Crippen molar-refractivity contribution < 1.29 is 9.18 Å². The maximum Gasteiger partial charge on any atom is 0.226 e. The van der Waals surface area contributed by atoms with E-state index in [1.807, 2.05) is 0 Å². The minimum atomic E-state index is -0.297. The molecule has 0 aliphatic carbocycles. The number of halogens is 3.